The van der Waals surface area contributed by atoms with E-state index in [2.05, 4.69) is 4.98 Å². The van der Waals surface area contributed by atoms with Gasteiger partial charge in [-0.15, -0.1) is 0 Å². The molecule has 0 bridgehead atoms. The van der Waals surface area contributed by atoms with E-state index in [1.54, 1.807) is 6.20 Å². The molecule has 2 aromatic rings. The number of amides is 1. The summed E-state index contributed by atoms with van der Waals surface area (Å²) in [5.41, 5.74) is 1.49. The molecule has 2 aromatic heterocycles. The van der Waals surface area contributed by atoms with Crippen molar-refractivity contribution in [3.8, 4) is 0 Å². The molecule has 5 nitrogen and oxygen atoms in total. The largest absolute Gasteiger partial charge is 0.336 e. The van der Waals surface area contributed by atoms with Gasteiger partial charge in [-0.3, -0.25) is 14.0 Å². The summed E-state index contributed by atoms with van der Waals surface area (Å²) in [6.07, 6.45) is 8.73. The Bertz CT molecular complexity index is 775. The van der Waals surface area contributed by atoms with E-state index in [0.717, 1.165) is 31.2 Å². The minimum absolute atomic E-state index is 0.166. The number of aromatic nitrogens is 2. The molecule has 0 N–H and O–H groups in total. The molecule has 0 unspecified atom stereocenters. The molecule has 1 aliphatic rings. The van der Waals surface area contributed by atoms with Gasteiger partial charge < -0.3 is 4.90 Å². The fourth-order valence-corrected chi connectivity index (χ4v) is 3.44. The summed E-state index contributed by atoms with van der Waals surface area (Å²) in [7, 11) is 0. The monoisotopic (exact) mass is 313 g/mol. The van der Waals surface area contributed by atoms with Crippen molar-refractivity contribution in [1.29, 1.82) is 0 Å². The van der Waals surface area contributed by atoms with Crippen LogP contribution in [0.4, 0.5) is 0 Å². The highest BCUT2D eigenvalue weighted by Gasteiger charge is 2.27. The molecule has 2 heterocycles. The van der Waals surface area contributed by atoms with Gasteiger partial charge in [-0.1, -0.05) is 19.3 Å². The fourth-order valence-electron chi connectivity index (χ4n) is 3.44. The maximum Gasteiger partial charge on any atom is 0.270 e. The smallest absolute Gasteiger partial charge is 0.270 e. The Balaban J connectivity index is 1.97. The van der Waals surface area contributed by atoms with Gasteiger partial charge in [-0.25, -0.2) is 4.98 Å². The first-order chi connectivity index (χ1) is 11.1. The van der Waals surface area contributed by atoms with Crippen LogP contribution in [0.1, 0.15) is 54.9 Å². The third kappa shape index (κ3) is 3.00. The number of carbonyl (C=O) groups is 1. The van der Waals surface area contributed by atoms with Gasteiger partial charge in [0.05, 0.1) is 0 Å². The highest BCUT2D eigenvalue weighted by Crippen LogP contribution is 2.23. The standard InChI is InChI=1S/C18H23N3O2/c1-3-20(14-7-5-4-6-8-14)17(22)15-12-19-16-11-13(2)9-10-21(16)18(15)23/h9-12,14H,3-8H2,1-2H3. The van der Waals surface area contributed by atoms with Crippen molar-refractivity contribution in [3.63, 3.8) is 0 Å². The molecule has 1 saturated carbocycles. The van der Waals surface area contributed by atoms with Crippen LogP contribution in [-0.2, 0) is 0 Å². The van der Waals surface area contributed by atoms with Crippen LogP contribution in [0, 0.1) is 6.92 Å². The average Bonchev–Trinajstić information content (AvgIpc) is 2.56. The molecule has 0 atom stereocenters. The van der Waals surface area contributed by atoms with Crippen LogP contribution >= 0.6 is 0 Å². The number of aryl methyl sites for hydroxylation is 1. The van der Waals surface area contributed by atoms with Crippen LogP contribution in [-0.4, -0.2) is 32.8 Å². The van der Waals surface area contributed by atoms with Crippen molar-refractivity contribution in [1.82, 2.24) is 14.3 Å². The quantitative estimate of drug-likeness (QED) is 0.875. The summed E-state index contributed by atoms with van der Waals surface area (Å²) in [5, 5.41) is 0. The Hall–Kier alpha value is -2.17. The lowest BCUT2D eigenvalue weighted by molar-refractivity contribution is 0.0645. The summed E-state index contributed by atoms with van der Waals surface area (Å²) in [4.78, 5) is 31.7. The molecular formula is C18H23N3O2. The van der Waals surface area contributed by atoms with Crippen LogP contribution in [0.3, 0.4) is 0 Å². The van der Waals surface area contributed by atoms with Gasteiger partial charge in [0.15, 0.2) is 0 Å². The second kappa shape index (κ2) is 6.52. The predicted octanol–water partition coefficient (Wildman–Crippen LogP) is 2.80. The number of pyridine rings is 1. The molecule has 23 heavy (non-hydrogen) atoms. The lowest BCUT2D eigenvalue weighted by Gasteiger charge is -2.33. The number of hydrogen-bond donors (Lipinski definition) is 0. The summed E-state index contributed by atoms with van der Waals surface area (Å²) in [5.74, 6) is -0.188. The van der Waals surface area contributed by atoms with Crippen LogP contribution < -0.4 is 5.56 Å². The Kier molecular flexibility index (Phi) is 4.46. The molecule has 0 radical (unpaired) electrons. The molecule has 0 spiro atoms. The average molecular weight is 313 g/mol. The Morgan fingerprint density at radius 1 is 1.35 bits per heavy atom. The lowest BCUT2D eigenvalue weighted by Crippen LogP contribution is -2.43. The van der Waals surface area contributed by atoms with E-state index in [1.165, 1.54) is 17.0 Å². The van der Waals surface area contributed by atoms with E-state index < -0.39 is 0 Å². The first kappa shape index (κ1) is 15.7. The van der Waals surface area contributed by atoms with Gasteiger partial charge in [0.25, 0.3) is 11.5 Å². The lowest BCUT2D eigenvalue weighted by atomic mass is 9.94. The van der Waals surface area contributed by atoms with Gasteiger partial charge in [0, 0.05) is 25.0 Å². The van der Waals surface area contributed by atoms with Gasteiger partial charge in [-0.05, 0) is 44.4 Å². The zero-order valence-corrected chi connectivity index (χ0v) is 13.8. The van der Waals surface area contributed by atoms with Gasteiger partial charge >= 0.3 is 0 Å². The highest BCUT2D eigenvalue weighted by atomic mass is 16.2. The van der Waals surface area contributed by atoms with E-state index >= 15 is 0 Å². The third-order valence-corrected chi connectivity index (χ3v) is 4.71. The second-order valence-electron chi connectivity index (χ2n) is 6.29. The number of rotatable bonds is 3. The van der Waals surface area contributed by atoms with Crippen molar-refractivity contribution in [3.05, 3.63) is 46.0 Å². The fraction of sp³-hybridized carbons (Fsp3) is 0.500. The maximum absolute atomic E-state index is 12.9. The Morgan fingerprint density at radius 2 is 2.09 bits per heavy atom. The molecule has 122 valence electrons. The van der Waals surface area contributed by atoms with Crippen LogP contribution in [0.2, 0.25) is 0 Å². The van der Waals surface area contributed by atoms with Crippen LogP contribution in [0.25, 0.3) is 5.65 Å². The maximum atomic E-state index is 12.9. The topological polar surface area (TPSA) is 54.7 Å². The van der Waals surface area contributed by atoms with Crippen molar-refractivity contribution < 1.29 is 4.79 Å². The zero-order valence-electron chi connectivity index (χ0n) is 13.8. The van der Waals surface area contributed by atoms with E-state index in [-0.39, 0.29) is 23.1 Å². The van der Waals surface area contributed by atoms with Crippen LogP contribution in [0.15, 0.2) is 29.3 Å². The van der Waals surface area contributed by atoms with Crippen molar-refractivity contribution in [2.24, 2.45) is 0 Å². The van der Waals surface area contributed by atoms with Gasteiger partial charge in [0.2, 0.25) is 0 Å². The summed E-state index contributed by atoms with van der Waals surface area (Å²) >= 11 is 0. The van der Waals surface area contributed by atoms with E-state index in [0.29, 0.717) is 12.2 Å². The van der Waals surface area contributed by atoms with Crippen molar-refractivity contribution >= 4 is 11.6 Å². The zero-order chi connectivity index (χ0) is 16.4. The third-order valence-electron chi connectivity index (χ3n) is 4.71. The van der Waals surface area contributed by atoms with Crippen molar-refractivity contribution in [2.45, 2.75) is 52.0 Å². The predicted molar refractivity (Wildman–Crippen MR) is 89.8 cm³/mol. The number of fused-ring (bicyclic) bond motifs is 1. The van der Waals surface area contributed by atoms with E-state index in [9.17, 15) is 9.59 Å². The molecule has 5 heteroatoms. The molecule has 0 saturated heterocycles. The first-order valence-corrected chi connectivity index (χ1v) is 8.41. The number of hydrogen-bond acceptors (Lipinski definition) is 3. The Morgan fingerprint density at radius 3 is 2.78 bits per heavy atom. The summed E-state index contributed by atoms with van der Waals surface area (Å²) in [6.45, 7) is 4.55. The van der Waals surface area contributed by atoms with E-state index in [4.69, 9.17) is 0 Å². The molecule has 0 aromatic carbocycles. The molecule has 0 aliphatic heterocycles. The second-order valence-corrected chi connectivity index (χ2v) is 6.29. The normalized spacial score (nSPS) is 15.7. The minimum atomic E-state index is -0.283. The van der Waals surface area contributed by atoms with E-state index in [1.807, 2.05) is 30.9 Å². The summed E-state index contributed by atoms with van der Waals surface area (Å²) < 4.78 is 1.45. The van der Waals surface area contributed by atoms with Crippen molar-refractivity contribution in [2.75, 3.05) is 6.54 Å². The summed E-state index contributed by atoms with van der Waals surface area (Å²) in [6, 6.07) is 3.94. The van der Waals surface area contributed by atoms with Crippen LogP contribution in [0.5, 0.6) is 0 Å². The first-order valence-electron chi connectivity index (χ1n) is 8.41. The number of carbonyl (C=O) groups excluding carboxylic acids is 1. The molecular weight excluding hydrogens is 290 g/mol. The molecule has 1 fully saturated rings. The Labute approximate surface area is 136 Å². The molecule has 1 aliphatic carbocycles. The minimum Gasteiger partial charge on any atom is -0.336 e. The van der Waals surface area contributed by atoms with Gasteiger partial charge in [0.1, 0.15) is 11.2 Å². The SMILES string of the molecule is CCN(C(=O)c1cnc2cc(C)ccn2c1=O)C1CCCCC1. The molecule has 1 amide bonds. The highest BCUT2D eigenvalue weighted by molar-refractivity contribution is 5.94. The number of nitrogens with zero attached hydrogens (tertiary/aromatic N) is 3. The molecule has 3 rings (SSSR count). The van der Waals surface area contributed by atoms with Gasteiger partial charge in [-0.2, -0.15) is 0 Å².